The molecule has 5 nitrogen and oxygen atoms in total. The highest BCUT2D eigenvalue weighted by molar-refractivity contribution is 5.85. The van der Waals surface area contributed by atoms with Crippen LogP contribution in [0, 0.1) is 0 Å². The SMILES string of the molecule is CCC(N)C(=O)N(CC(=O)OC)C(C)C. The first-order valence-electron chi connectivity index (χ1n) is 5.06. The lowest BCUT2D eigenvalue weighted by atomic mass is 10.2. The van der Waals surface area contributed by atoms with Crippen molar-refractivity contribution in [3.05, 3.63) is 0 Å². The predicted molar refractivity (Wildman–Crippen MR) is 57.1 cm³/mol. The normalized spacial score (nSPS) is 12.4. The second-order valence-corrected chi connectivity index (χ2v) is 3.65. The molecule has 0 spiro atoms. The van der Waals surface area contributed by atoms with Crippen LogP contribution in [0.4, 0.5) is 0 Å². The molecule has 0 rings (SSSR count). The summed E-state index contributed by atoms with van der Waals surface area (Å²) in [6, 6.07) is -0.605. The van der Waals surface area contributed by atoms with Crippen molar-refractivity contribution < 1.29 is 14.3 Å². The van der Waals surface area contributed by atoms with E-state index in [-0.39, 0.29) is 18.5 Å². The minimum absolute atomic E-state index is 0.0410. The molecule has 0 aromatic rings. The van der Waals surface area contributed by atoms with Gasteiger partial charge in [0.25, 0.3) is 0 Å². The molecule has 0 saturated carbocycles. The van der Waals surface area contributed by atoms with Crippen LogP contribution >= 0.6 is 0 Å². The molecule has 2 N–H and O–H groups in total. The van der Waals surface area contributed by atoms with Crippen LogP contribution in [0.15, 0.2) is 0 Å². The number of ether oxygens (including phenoxy) is 1. The highest BCUT2D eigenvalue weighted by Crippen LogP contribution is 2.03. The van der Waals surface area contributed by atoms with Gasteiger partial charge in [-0.05, 0) is 20.3 Å². The Hall–Kier alpha value is -1.10. The van der Waals surface area contributed by atoms with Crippen LogP contribution in [0.2, 0.25) is 0 Å². The smallest absolute Gasteiger partial charge is 0.325 e. The number of methoxy groups -OCH3 is 1. The Morgan fingerprint density at radius 2 is 1.93 bits per heavy atom. The summed E-state index contributed by atoms with van der Waals surface area (Å²) in [5, 5.41) is 0. The fourth-order valence-corrected chi connectivity index (χ4v) is 1.11. The summed E-state index contributed by atoms with van der Waals surface area (Å²) in [5.41, 5.74) is 5.63. The molecule has 0 aromatic heterocycles. The molecule has 0 saturated heterocycles. The van der Waals surface area contributed by atoms with E-state index in [0.29, 0.717) is 6.42 Å². The van der Waals surface area contributed by atoms with E-state index >= 15 is 0 Å². The molecule has 0 aliphatic rings. The zero-order chi connectivity index (χ0) is 12.0. The zero-order valence-electron chi connectivity index (χ0n) is 9.82. The lowest BCUT2D eigenvalue weighted by Crippen LogP contribution is -2.48. The molecule has 1 atom stereocenters. The molecule has 5 heteroatoms. The van der Waals surface area contributed by atoms with Crippen LogP contribution < -0.4 is 5.73 Å². The van der Waals surface area contributed by atoms with Crippen molar-refractivity contribution in [1.29, 1.82) is 0 Å². The van der Waals surface area contributed by atoms with E-state index < -0.39 is 12.0 Å². The van der Waals surface area contributed by atoms with Gasteiger partial charge in [0, 0.05) is 6.04 Å². The average Bonchev–Trinajstić information content (AvgIpc) is 2.22. The molecule has 88 valence electrons. The van der Waals surface area contributed by atoms with Crippen LogP contribution in [-0.4, -0.2) is 42.5 Å². The number of esters is 1. The number of carbonyl (C=O) groups excluding carboxylic acids is 2. The molecule has 0 bridgehead atoms. The van der Waals surface area contributed by atoms with Gasteiger partial charge in [-0.15, -0.1) is 0 Å². The summed E-state index contributed by atoms with van der Waals surface area (Å²) in [6.07, 6.45) is 0.559. The van der Waals surface area contributed by atoms with Gasteiger partial charge in [-0.3, -0.25) is 9.59 Å². The first-order chi connectivity index (χ1) is 6.93. The van der Waals surface area contributed by atoms with E-state index in [1.54, 1.807) is 0 Å². The number of carbonyl (C=O) groups is 2. The molecule has 1 unspecified atom stereocenters. The van der Waals surface area contributed by atoms with Crippen molar-refractivity contribution in [2.75, 3.05) is 13.7 Å². The first-order valence-corrected chi connectivity index (χ1v) is 5.06. The van der Waals surface area contributed by atoms with Crippen molar-refractivity contribution >= 4 is 11.9 Å². The summed E-state index contributed by atoms with van der Waals surface area (Å²) >= 11 is 0. The monoisotopic (exact) mass is 216 g/mol. The number of hydrogen-bond donors (Lipinski definition) is 1. The van der Waals surface area contributed by atoms with Crippen LogP contribution in [0.1, 0.15) is 27.2 Å². The van der Waals surface area contributed by atoms with Crippen LogP contribution in [0.3, 0.4) is 0 Å². The number of rotatable bonds is 5. The Labute approximate surface area is 90.6 Å². The Balaban J connectivity index is 4.52. The molecular weight excluding hydrogens is 196 g/mol. The van der Waals surface area contributed by atoms with Gasteiger partial charge in [0.2, 0.25) is 5.91 Å². The summed E-state index contributed by atoms with van der Waals surface area (Å²) < 4.78 is 4.52. The second kappa shape index (κ2) is 6.40. The molecule has 0 aromatic carbocycles. The Morgan fingerprint density at radius 3 is 2.27 bits per heavy atom. The maximum absolute atomic E-state index is 11.8. The summed E-state index contributed by atoms with van der Waals surface area (Å²) in [4.78, 5) is 24.3. The third-order valence-electron chi connectivity index (χ3n) is 2.19. The Kier molecular flexibility index (Phi) is 5.93. The van der Waals surface area contributed by atoms with Crippen molar-refractivity contribution in [1.82, 2.24) is 4.90 Å². The van der Waals surface area contributed by atoms with Crippen molar-refractivity contribution in [2.45, 2.75) is 39.3 Å². The number of hydrogen-bond acceptors (Lipinski definition) is 4. The predicted octanol–water partition coefficient (Wildman–Crippen LogP) is 0.134. The number of nitrogens with two attached hydrogens (primary N) is 1. The second-order valence-electron chi connectivity index (χ2n) is 3.65. The molecule has 15 heavy (non-hydrogen) atoms. The lowest BCUT2D eigenvalue weighted by Gasteiger charge is -2.27. The number of nitrogens with zero attached hydrogens (tertiary/aromatic N) is 1. The summed E-state index contributed by atoms with van der Waals surface area (Å²) in [7, 11) is 1.30. The highest BCUT2D eigenvalue weighted by Gasteiger charge is 2.24. The van der Waals surface area contributed by atoms with Gasteiger partial charge in [0.15, 0.2) is 0 Å². The van der Waals surface area contributed by atoms with Crippen molar-refractivity contribution in [3.8, 4) is 0 Å². The van der Waals surface area contributed by atoms with Crippen LogP contribution in [0.25, 0.3) is 0 Å². The largest absolute Gasteiger partial charge is 0.468 e. The van der Waals surface area contributed by atoms with Crippen molar-refractivity contribution in [3.63, 3.8) is 0 Å². The van der Waals surface area contributed by atoms with Crippen LogP contribution in [0.5, 0.6) is 0 Å². The van der Waals surface area contributed by atoms with Gasteiger partial charge >= 0.3 is 5.97 Å². The van der Waals surface area contributed by atoms with E-state index in [2.05, 4.69) is 4.74 Å². The zero-order valence-corrected chi connectivity index (χ0v) is 9.82. The van der Waals surface area contributed by atoms with E-state index in [0.717, 1.165) is 0 Å². The van der Waals surface area contributed by atoms with Gasteiger partial charge in [-0.2, -0.15) is 0 Å². The fourth-order valence-electron chi connectivity index (χ4n) is 1.11. The van der Waals surface area contributed by atoms with Gasteiger partial charge < -0.3 is 15.4 Å². The summed E-state index contributed by atoms with van der Waals surface area (Å²) in [5.74, 6) is -0.641. The van der Waals surface area contributed by atoms with Crippen molar-refractivity contribution in [2.24, 2.45) is 5.73 Å². The molecular formula is C10H20N2O3. The molecule has 1 amide bonds. The molecule has 0 aliphatic heterocycles. The lowest BCUT2D eigenvalue weighted by molar-refractivity contribution is -0.148. The van der Waals surface area contributed by atoms with Gasteiger partial charge in [0.05, 0.1) is 13.2 Å². The molecule has 0 heterocycles. The molecule has 0 radical (unpaired) electrons. The standard InChI is InChI=1S/C10H20N2O3/c1-5-8(11)10(14)12(7(2)3)6-9(13)15-4/h7-8H,5-6,11H2,1-4H3. The maximum Gasteiger partial charge on any atom is 0.325 e. The van der Waals surface area contributed by atoms with E-state index in [4.69, 9.17) is 5.73 Å². The summed E-state index contributed by atoms with van der Waals surface area (Å²) in [6.45, 7) is 5.46. The molecule has 0 fully saturated rings. The third kappa shape index (κ3) is 4.29. The minimum Gasteiger partial charge on any atom is -0.468 e. The van der Waals surface area contributed by atoms with Gasteiger partial charge in [0.1, 0.15) is 6.54 Å². The Bertz CT molecular complexity index is 229. The van der Waals surface area contributed by atoms with Crippen LogP contribution in [-0.2, 0) is 14.3 Å². The van der Waals surface area contributed by atoms with E-state index in [9.17, 15) is 9.59 Å². The minimum atomic E-state index is -0.544. The van der Waals surface area contributed by atoms with Gasteiger partial charge in [-0.1, -0.05) is 6.92 Å². The maximum atomic E-state index is 11.8. The van der Waals surface area contributed by atoms with E-state index in [1.807, 2.05) is 20.8 Å². The topological polar surface area (TPSA) is 72.6 Å². The highest BCUT2D eigenvalue weighted by atomic mass is 16.5. The van der Waals surface area contributed by atoms with Gasteiger partial charge in [-0.25, -0.2) is 0 Å². The van der Waals surface area contributed by atoms with E-state index in [1.165, 1.54) is 12.0 Å². The first kappa shape index (κ1) is 13.9. The average molecular weight is 216 g/mol. The quantitative estimate of drug-likeness (QED) is 0.663. The third-order valence-corrected chi connectivity index (χ3v) is 2.19. The Morgan fingerprint density at radius 1 is 1.40 bits per heavy atom. The number of amides is 1. The molecule has 0 aliphatic carbocycles. The fraction of sp³-hybridized carbons (Fsp3) is 0.800.